The fourth-order valence-corrected chi connectivity index (χ4v) is 3.97. The summed E-state index contributed by atoms with van der Waals surface area (Å²) in [5.74, 6) is 4.04. The third-order valence-electron chi connectivity index (χ3n) is 3.54. The van der Waals surface area contributed by atoms with Gasteiger partial charge in [-0.05, 0) is 60.9 Å². The Morgan fingerprint density at radius 2 is 2.18 bits per heavy atom. The summed E-state index contributed by atoms with van der Waals surface area (Å²) < 4.78 is 0. The zero-order valence-corrected chi connectivity index (χ0v) is 11.9. The molecular formula is C14H20ClNS. The molecule has 1 aliphatic heterocycles. The van der Waals surface area contributed by atoms with E-state index in [4.69, 9.17) is 11.6 Å². The Bertz CT molecular complexity index is 350. The molecule has 1 N–H and O–H groups in total. The maximum Gasteiger partial charge on any atom is 0.0408 e. The van der Waals surface area contributed by atoms with Crippen molar-refractivity contribution < 1.29 is 0 Å². The summed E-state index contributed by atoms with van der Waals surface area (Å²) in [4.78, 5) is 0. The first-order valence-electron chi connectivity index (χ1n) is 6.29. The van der Waals surface area contributed by atoms with Crippen LogP contribution in [0.5, 0.6) is 0 Å². The minimum Gasteiger partial charge on any atom is -0.319 e. The van der Waals surface area contributed by atoms with E-state index >= 15 is 0 Å². The molecule has 94 valence electrons. The van der Waals surface area contributed by atoms with Crippen LogP contribution in [0.2, 0.25) is 5.02 Å². The smallest absolute Gasteiger partial charge is 0.0408 e. The SMILES string of the molecule is CNCC(c1cccc(Cl)c1)C1CCSCC1. The highest BCUT2D eigenvalue weighted by Gasteiger charge is 2.24. The third kappa shape index (κ3) is 3.64. The summed E-state index contributed by atoms with van der Waals surface area (Å²) in [6, 6.07) is 8.37. The fraction of sp³-hybridized carbons (Fsp3) is 0.571. The van der Waals surface area contributed by atoms with E-state index in [0.717, 1.165) is 17.5 Å². The maximum absolute atomic E-state index is 6.10. The average molecular weight is 270 g/mol. The molecule has 1 aliphatic rings. The fourth-order valence-electron chi connectivity index (χ4n) is 2.63. The molecule has 0 spiro atoms. The predicted molar refractivity (Wildman–Crippen MR) is 78.2 cm³/mol. The molecule has 1 fully saturated rings. The summed E-state index contributed by atoms with van der Waals surface area (Å²) in [5.41, 5.74) is 1.39. The number of benzene rings is 1. The van der Waals surface area contributed by atoms with Crippen molar-refractivity contribution in [2.75, 3.05) is 25.1 Å². The van der Waals surface area contributed by atoms with Gasteiger partial charge < -0.3 is 5.32 Å². The van der Waals surface area contributed by atoms with Crippen LogP contribution in [0, 0.1) is 5.92 Å². The first kappa shape index (κ1) is 13.3. The molecule has 17 heavy (non-hydrogen) atoms. The molecular weight excluding hydrogens is 250 g/mol. The van der Waals surface area contributed by atoms with Gasteiger partial charge in [-0.1, -0.05) is 23.7 Å². The van der Waals surface area contributed by atoms with Gasteiger partial charge in [0, 0.05) is 11.6 Å². The predicted octanol–water partition coefficient (Wildman–Crippen LogP) is 3.79. The van der Waals surface area contributed by atoms with Gasteiger partial charge in [0.25, 0.3) is 0 Å². The zero-order valence-electron chi connectivity index (χ0n) is 10.3. The summed E-state index contributed by atoms with van der Waals surface area (Å²) in [7, 11) is 2.04. The van der Waals surface area contributed by atoms with E-state index in [0.29, 0.717) is 5.92 Å². The summed E-state index contributed by atoms with van der Waals surface area (Å²) in [5, 5.41) is 4.19. The molecule has 0 amide bonds. The second-order valence-corrected chi connectivity index (χ2v) is 6.33. The van der Waals surface area contributed by atoms with E-state index in [2.05, 4.69) is 35.3 Å². The van der Waals surface area contributed by atoms with Gasteiger partial charge >= 0.3 is 0 Å². The van der Waals surface area contributed by atoms with Crippen molar-refractivity contribution in [3.05, 3.63) is 34.9 Å². The molecule has 1 aromatic rings. The number of hydrogen-bond acceptors (Lipinski definition) is 2. The van der Waals surface area contributed by atoms with Crippen LogP contribution >= 0.6 is 23.4 Å². The first-order chi connectivity index (χ1) is 8.31. The normalized spacial score (nSPS) is 19.2. The second-order valence-electron chi connectivity index (χ2n) is 4.67. The van der Waals surface area contributed by atoms with Gasteiger partial charge in [-0.15, -0.1) is 0 Å². The number of thioether (sulfide) groups is 1. The molecule has 0 saturated carbocycles. The Hall–Kier alpha value is -0.180. The highest BCUT2D eigenvalue weighted by Crippen LogP contribution is 2.35. The second kappa shape index (κ2) is 6.67. The lowest BCUT2D eigenvalue weighted by atomic mass is 9.82. The van der Waals surface area contributed by atoms with Crippen molar-refractivity contribution in [2.45, 2.75) is 18.8 Å². The molecule has 1 nitrogen and oxygen atoms in total. The van der Waals surface area contributed by atoms with Gasteiger partial charge in [0.15, 0.2) is 0 Å². The van der Waals surface area contributed by atoms with Gasteiger partial charge in [0.05, 0.1) is 0 Å². The Balaban J connectivity index is 2.15. The van der Waals surface area contributed by atoms with Gasteiger partial charge in [0.1, 0.15) is 0 Å². The monoisotopic (exact) mass is 269 g/mol. The van der Waals surface area contributed by atoms with Gasteiger partial charge in [0.2, 0.25) is 0 Å². The van der Waals surface area contributed by atoms with Crippen LogP contribution in [-0.4, -0.2) is 25.1 Å². The minimum absolute atomic E-state index is 0.611. The number of likely N-dealkylation sites (N-methyl/N-ethyl adjacent to an activating group) is 1. The molecule has 1 unspecified atom stereocenters. The molecule has 1 atom stereocenters. The van der Waals surface area contributed by atoms with E-state index < -0.39 is 0 Å². The molecule has 0 radical (unpaired) electrons. The molecule has 0 aromatic heterocycles. The van der Waals surface area contributed by atoms with Crippen LogP contribution in [0.25, 0.3) is 0 Å². The van der Waals surface area contributed by atoms with Gasteiger partial charge in [-0.25, -0.2) is 0 Å². The van der Waals surface area contributed by atoms with Crippen molar-refractivity contribution in [1.29, 1.82) is 0 Å². The summed E-state index contributed by atoms with van der Waals surface area (Å²) >= 11 is 8.19. The number of nitrogens with one attached hydrogen (secondary N) is 1. The van der Waals surface area contributed by atoms with Crippen LogP contribution < -0.4 is 5.32 Å². The van der Waals surface area contributed by atoms with Crippen molar-refractivity contribution in [2.24, 2.45) is 5.92 Å². The van der Waals surface area contributed by atoms with Crippen LogP contribution in [0.3, 0.4) is 0 Å². The lowest BCUT2D eigenvalue weighted by Crippen LogP contribution is -2.26. The highest BCUT2D eigenvalue weighted by molar-refractivity contribution is 7.99. The Morgan fingerprint density at radius 1 is 1.41 bits per heavy atom. The van der Waals surface area contributed by atoms with Crippen LogP contribution in [0.1, 0.15) is 24.3 Å². The molecule has 1 aromatic carbocycles. The topological polar surface area (TPSA) is 12.0 Å². The van der Waals surface area contributed by atoms with Crippen LogP contribution in [-0.2, 0) is 0 Å². The van der Waals surface area contributed by atoms with Crippen LogP contribution in [0.15, 0.2) is 24.3 Å². The zero-order chi connectivity index (χ0) is 12.1. The molecule has 1 saturated heterocycles. The Morgan fingerprint density at radius 3 is 2.82 bits per heavy atom. The van der Waals surface area contributed by atoms with Crippen molar-refractivity contribution in [1.82, 2.24) is 5.32 Å². The van der Waals surface area contributed by atoms with Gasteiger partial charge in [-0.3, -0.25) is 0 Å². The average Bonchev–Trinajstić information content (AvgIpc) is 2.37. The molecule has 2 rings (SSSR count). The highest BCUT2D eigenvalue weighted by atomic mass is 35.5. The summed E-state index contributed by atoms with van der Waals surface area (Å²) in [6.07, 6.45) is 2.67. The Kier molecular flexibility index (Phi) is 5.20. The van der Waals surface area contributed by atoms with E-state index in [1.807, 2.05) is 13.1 Å². The molecule has 3 heteroatoms. The maximum atomic E-state index is 6.10. The van der Waals surface area contributed by atoms with Gasteiger partial charge in [-0.2, -0.15) is 11.8 Å². The third-order valence-corrected chi connectivity index (χ3v) is 4.82. The lowest BCUT2D eigenvalue weighted by molar-refractivity contribution is 0.386. The van der Waals surface area contributed by atoms with E-state index in [-0.39, 0.29) is 0 Å². The molecule has 0 aliphatic carbocycles. The van der Waals surface area contributed by atoms with E-state index in [1.165, 1.54) is 29.9 Å². The number of hydrogen-bond donors (Lipinski definition) is 1. The molecule has 1 heterocycles. The quantitative estimate of drug-likeness (QED) is 0.893. The standard InChI is InChI=1S/C14H20ClNS/c1-16-10-14(11-5-7-17-8-6-11)12-3-2-4-13(15)9-12/h2-4,9,11,14,16H,5-8,10H2,1H3. The molecule has 0 bridgehead atoms. The van der Waals surface area contributed by atoms with E-state index in [1.54, 1.807) is 0 Å². The summed E-state index contributed by atoms with van der Waals surface area (Å²) in [6.45, 7) is 1.05. The van der Waals surface area contributed by atoms with E-state index in [9.17, 15) is 0 Å². The largest absolute Gasteiger partial charge is 0.319 e. The first-order valence-corrected chi connectivity index (χ1v) is 7.82. The lowest BCUT2D eigenvalue weighted by Gasteiger charge is -2.30. The van der Waals surface area contributed by atoms with Crippen molar-refractivity contribution in [3.63, 3.8) is 0 Å². The number of rotatable bonds is 4. The Labute approximate surface area is 113 Å². The minimum atomic E-state index is 0.611. The van der Waals surface area contributed by atoms with Crippen molar-refractivity contribution in [3.8, 4) is 0 Å². The van der Waals surface area contributed by atoms with Crippen molar-refractivity contribution >= 4 is 23.4 Å². The van der Waals surface area contributed by atoms with Crippen LogP contribution in [0.4, 0.5) is 0 Å². The number of halogens is 1.